The monoisotopic (exact) mass is 225 g/mol. The van der Waals surface area contributed by atoms with Crippen LogP contribution in [0.2, 0.25) is 0 Å². The van der Waals surface area contributed by atoms with Gasteiger partial charge in [0.1, 0.15) is 17.2 Å². The third kappa shape index (κ3) is 1.59. The van der Waals surface area contributed by atoms with Crippen LogP contribution in [0.15, 0.2) is 48.7 Å². The maximum absolute atomic E-state index is 9.44. The van der Waals surface area contributed by atoms with Crippen LogP contribution in [0.25, 0.3) is 16.9 Å². The highest BCUT2D eigenvalue weighted by Gasteiger charge is 2.05. The molecule has 0 radical (unpaired) electrons. The Labute approximate surface area is 98.0 Å². The molecule has 3 N–H and O–H groups in total. The number of aromatic hydroxyl groups is 1. The minimum absolute atomic E-state index is 0.229. The number of benzene rings is 1. The van der Waals surface area contributed by atoms with Gasteiger partial charge in [0.25, 0.3) is 0 Å². The van der Waals surface area contributed by atoms with Gasteiger partial charge in [-0.15, -0.1) is 0 Å². The van der Waals surface area contributed by atoms with Gasteiger partial charge in [0, 0.05) is 11.8 Å². The molecule has 2 aromatic heterocycles. The SMILES string of the molecule is Nc1cccc2nc(-c3cccc(O)c3)cn12. The Kier molecular flexibility index (Phi) is 2.01. The number of fused-ring (bicyclic) bond motifs is 1. The number of nitrogens with zero attached hydrogens (tertiary/aromatic N) is 2. The summed E-state index contributed by atoms with van der Waals surface area (Å²) in [6.45, 7) is 0. The van der Waals surface area contributed by atoms with Gasteiger partial charge in [0.15, 0.2) is 0 Å². The molecule has 0 saturated heterocycles. The van der Waals surface area contributed by atoms with E-state index in [0.29, 0.717) is 5.82 Å². The fourth-order valence-corrected chi connectivity index (χ4v) is 1.84. The Hall–Kier alpha value is -2.49. The molecule has 0 amide bonds. The van der Waals surface area contributed by atoms with Crippen molar-refractivity contribution in [2.45, 2.75) is 0 Å². The van der Waals surface area contributed by atoms with Crippen molar-refractivity contribution in [2.75, 3.05) is 5.73 Å². The molecule has 0 spiro atoms. The number of hydrogen-bond acceptors (Lipinski definition) is 3. The molecule has 84 valence electrons. The van der Waals surface area contributed by atoms with E-state index in [4.69, 9.17) is 5.73 Å². The first-order valence-electron chi connectivity index (χ1n) is 5.27. The Morgan fingerprint density at radius 1 is 1.12 bits per heavy atom. The molecule has 0 fully saturated rings. The van der Waals surface area contributed by atoms with Gasteiger partial charge in [-0.1, -0.05) is 18.2 Å². The summed E-state index contributed by atoms with van der Waals surface area (Å²) >= 11 is 0. The Morgan fingerprint density at radius 3 is 2.71 bits per heavy atom. The zero-order valence-corrected chi connectivity index (χ0v) is 9.04. The molecule has 0 saturated carbocycles. The number of aromatic nitrogens is 2. The third-order valence-corrected chi connectivity index (χ3v) is 2.67. The summed E-state index contributed by atoms with van der Waals surface area (Å²) in [5, 5.41) is 9.44. The topological polar surface area (TPSA) is 63.5 Å². The molecule has 17 heavy (non-hydrogen) atoms. The number of pyridine rings is 1. The molecule has 2 heterocycles. The van der Waals surface area contributed by atoms with Gasteiger partial charge in [-0.3, -0.25) is 4.40 Å². The van der Waals surface area contributed by atoms with Gasteiger partial charge >= 0.3 is 0 Å². The first-order chi connectivity index (χ1) is 8.24. The van der Waals surface area contributed by atoms with Crippen LogP contribution < -0.4 is 5.73 Å². The molecule has 4 heteroatoms. The fourth-order valence-electron chi connectivity index (χ4n) is 1.84. The number of phenols is 1. The summed E-state index contributed by atoms with van der Waals surface area (Å²) in [4.78, 5) is 4.46. The van der Waals surface area contributed by atoms with Crippen molar-refractivity contribution in [1.82, 2.24) is 9.38 Å². The summed E-state index contributed by atoms with van der Waals surface area (Å²) in [5.41, 5.74) is 8.31. The molecule has 4 nitrogen and oxygen atoms in total. The number of hydrogen-bond donors (Lipinski definition) is 2. The van der Waals surface area contributed by atoms with Crippen LogP contribution in [0.5, 0.6) is 5.75 Å². The summed E-state index contributed by atoms with van der Waals surface area (Å²) < 4.78 is 1.82. The smallest absolute Gasteiger partial charge is 0.139 e. The highest BCUT2D eigenvalue weighted by molar-refractivity contribution is 5.65. The van der Waals surface area contributed by atoms with Crippen LogP contribution in [0.1, 0.15) is 0 Å². The van der Waals surface area contributed by atoms with Crippen molar-refractivity contribution in [3.8, 4) is 17.0 Å². The zero-order chi connectivity index (χ0) is 11.8. The van der Waals surface area contributed by atoms with Gasteiger partial charge in [-0.25, -0.2) is 4.98 Å². The molecule has 3 aromatic rings. The van der Waals surface area contributed by atoms with Crippen molar-refractivity contribution in [2.24, 2.45) is 0 Å². The van der Waals surface area contributed by atoms with Gasteiger partial charge < -0.3 is 10.8 Å². The number of imidazole rings is 1. The third-order valence-electron chi connectivity index (χ3n) is 2.67. The van der Waals surface area contributed by atoms with Crippen LogP contribution >= 0.6 is 0 Å². The molecular weight excluding hydrogens is 214 g/mol. The van der Waals surface area contributed by atoms with E-state index in [1.54, 1.807) is 18.2 Å². The first-order valence-corrected chi connectivity index (χ1v) is 5.27. The van der Waals surface area contributed by atoms with Gasteiger partial charge in [-0.05, 0) is 24.3 Å². The second-order valence-electron chi connectivity index (χ2n) is 3.86. The van der Waals surface area contributed by atoms with E-state index < -0.39 is 0 Å². The minimum Gasteiger partial charge on any atom is -0.508 e. The molecule has 1 aromatic carbocycles. The molecule has 0 aliphatic heterocycles. The van der Waals surface area contributed by atoms with Crippen molar-refractivity contribution in [1.29, 1.82) is 0 Å². The van der Waals surface area contributed by atoms with E-state index in [0.717, 1.165) is 16.9 Å². The molecule has 0 unspecified atom stereocenters. The Bertz CT molecular complexity index is 688. The maximum Gasteiger partial charge on any atom is 0.139 e. The van der Waals surface area contributed by atoms with Crippen LogP contribution in [0.3, 0.4) is 0 Å². The Balaban J connectivity index is 2.22. The molecule has 0 atom stereocenters. The number of nitrogen functional groups attached to an aromatic ring is 1. The predicted octanol–water partition coefficient (Wildman–Crippen LogP) is 2.29. The lowest BCUT2D eigenvalue weighted by atomic mass is 10.1. The predicted molar refractivity (Wildman–Crippen MR) is 66.7 cm³/mol. The second-order valence-corrected chi connectivity index (χ2v) is 3.86. The first kappa shape index (κ1) is 9.72. The van der Waals surface area contributed by atoms with E-state index in [9.17, 15) is 5.11 Å². The number of anilines is 1. The van der Waals surface area contributed by atoms with Gasteiger partial charge in [0.05, 0.1) is 5.69 Å². The summed E-state index contributed by atoms with van der Waals surface area (Å²) in [6, 6.07) is 12.6. The maximum atomic E-state index is 9.44. The molecule has 0 aliphatic carbocycles. The normalized spacial score (nSPS) is 10.8. The van der Waals surface area contributed by atoms with E-state index in [1.165, 1.54) is 0 Å². The number of rotatable bonds is 1. The molecule has 3 rings (SSSR count). The standard InChI is InChI=1S/C13H11N3O/c14-12-5-2-6-13-15-11(8-16(12)13)9-3-1-4-10(17)7-9/h1-8,17H,14H2. The van der Waals surface area contributed by atoms with E-state index >= 15 is 0 Å². The lowest BCUT2D eigenvalue weighted by Gasteiger charge is -1.96. The van der Waals surface area contributed by atoms with Gasteiger partial charge in [-0.2, -0.15) is 0 Å². The molecule has 0 aliphatic rings. The number of phenolic OH excluding ortho intramolecular Hbond substituents is 1. The van der Waals surface area contributed by atoms with Crippen LogP contribution in [-0.2, 0) is 0 Å². The van der Waals surface area contributed by atoms with Gasteiger partial charge in [0.2, 0.25) is 0 Å². The summed E-state index contributed by atoms with van der Waals surface area (Å²) in [6.07, 6.45) is 1.86. The van der Waals surface area contributed by atoms with Crippen LogP contribution in [0, 0.1) is 0 Å². The highest BCUT2D eigenvalue weighted by atomic mass is 16.3. The van der Waals surface area contributed by atoms with Crippen molar-refractivity contribution in [3.63, 3.8) is 0 Å². The quantitative estimate of drug-likeness (QED) is 0.667. The van der Waals surface area contributed by atoms with Crippen molar-refractivity contribution < 1.29 is 5.11 Å². The van der Waals surface area contributed by atoms with Crippen LogP contribution in [-0.4, -0.2) is 14.5 Å². The Morgan fingerprint density at radius 2 is 1.94 bits per heavy atom. The van der Waals surface area contributed by atoms with Crippen LogP contribution in [0.4, 0.5) is 5.82 Å². The zero-order valence-electron chi connectivity index (χ0n) is 9.04. The molecular formula is C13H11N3O. The average molecular weight is 225 g/mol. The summed E-state index contributed by atoms with van der Waals surface area (Å²) in [5.74, 6) is 0.869. The molecule has 0 bridgehead atoms. The van der Waals surface area contributed by atoms with E-state index in [-0.39, 0.29) is 5.75 Å². The lowest BCUT2D eigenvalue weighted by Crippen LogP contribution is -1.93. The highest BCUT2D eigenvalue weighted by Crippen LogP contribution is 2.23. The minimum atomic E-state index is 0.229. The second kappa shape index (κ2) is 3.52. The van der Waals surface area contributed by atoms with E-state index in [2.05, 4.69) is 4.98 Å². The largest absolute Gasteiger partial charge is 0.508 e. The van der Waals surface area contributed by atoms with E-state index in [1.807, 2.05) is 34.9 Å². The fraction of sp³-hybridized carbons (Fsp3) is 0. The van der Waals surface area contributed by atoms with Crippen molar-refractivity contribution in [3.05, 3.63) is 48.7 Å². The lowest BCUT2D eigenvalue weighted by molar-refractivity contribution is 0.475. The number of nitrogens with two attached hydrogens (primary N) is 1. The average Bonchev–Trinajstić information content (AvgIpc) is 2.74. The summed E-state index contributed by atoms with van der Waals surface area (Å²) in [7, 11) is 0. The van der Waals surface area contributed by atoms with Crippen molar-refractivity contribution >= 4 is 11.5 Å².